The average Bonchev–Trinajstić information content (AvgIpc) is 3.15. The van der Waals surface area contributed by atoms with E-state index in [-0.39, 0.29) is 16.5 Å². The van der Waals surface area contributed by atoms with Gasteiger partial charge < -0.3 is 15.1 Å². The normalized spacial score (nSPS) is 18.3. The maximum Gasteiger partial charge on any atom is 0.293 e. The van der Waals surface area contributed by atoms with Crippen LogP contribution in [0.3, 0.4) is 0 Å². The molecule has 0 spiro atoms. The summed E-state index contributed by atoms with van der Waals surface area (Å²) in [7, 11) is 0. The number of carbonyl (C=O) groups is 1. The zero-order valence-corrected chi connectivity index (χ0v) is 14.6. The smallest absolute Gasteiger partial charge is 0.293 e. The number of nitrogens with zero attached hydrogens (tertiary/aromatic N) is 2. The molecule has 2 heterocycles. The van der Waals surface area contributed by atoms with E-state index < -0.39 is 0 Å². The third-order valence-electron chi connectivity index (χ3n) is 5.21. The summed E-state index contributed by atoms with van der Waals surface area (Å²) in [5, 5.41) is 14.4. The molecule has 0 atom stereocenters. The van der Waals surface area contributed by atoms with Crippen molar-refractivity contribution in [2.24, 2.45) is 0 Å². The van der Waals surface area contributed by atoms with Gasteiger partial charge in [-0.1, -0.05) is 0 Å². The fourth-order valence-electron chi connectivity index (χ4n) is 3.79. The number of hydrogen-bond acceptors (Lipinski definition) is 4. The number of nitrogens with one attached hydrogen (secondary N) is 2. The van der Waals surface area contributed by atoms with Gasteiger partial charge in [0.15, 0.2) is 0 Å². The number of benzene rings is 1. The van der Waals surface area contributed by atoms with Gasteiger partial charge in [-0.05, 0) is 31.4 Å². The summed E-state index contributed by atoms with van der Waals surface area (Å²) in [5.74, 6) is -0.230. The first-order valence-electron chi connectivity index (χ1n) is 9.30. The maximum atomic E-state index is 12.3. The Bertz CT molecular complexity index is 623. The van der Waals surface area contributed by atoms with Crippen LogP contribution >= 0.6 is 0 Å². The minimum absolute atomic E-state index is 0.0275. The summed E-state index contributed by atoms with van der Waals surface area (Å²) in [6.45, 7) is 5.54. The minimum Gasteiger partial charge on any atom is -0.366 e. The Kier molecular flexibility index (Phi) is 5.86. The summed E-state index contributed by atoms with van der Waals surface area (Å²) in [6, 6.07) is 4.85. The lowest BCUT2D eigenvalue weighted by Gasteiger charge is -2.28. The summed E-state index contributed by atoms with van der Waals surface area (Å²) in [4.78, 5) is 27.0. The highest BCUT2D eigenvalue weighted by Crippen LogP contribution is 2.31. The second-order valence-corrected chi connectivity index (χ2v) is 6.97. The van der Waals surface area contributed by atoms with Crippen LogP contribution in [0.4, 0.5) is 11.4 Å². The van der Waals surface area contributed by atoms with Crippen molar-refractivity contribution >= 4 is 17.3 Å². The molecule has 2 aliphatic rings. The van der Waals surface area contributed by atoms with E-state index in [9.17, 15) is 14.9 Å². The highest BCUT2D eigenvalue weighted by Gasteiger charge is 2.23. The van der Waals surface area contributed by atoms with Gasteiger partial charge in [-0.25, -0.2) is 0 Å². The standard InChI is InChI=1S/C18H26N4O3/c23-18(19-8-13-20-9-4-5-10-20)15-6-7-16(17(14-15)22(24)25)21-11-2-1-3-12-21/h6-7,14H,1-5,8-13H2,(H,19,23)/p+1. The van der Waals surface area contributed by atoms with Gasteiger partial charge in [-0.2, -0.15) is 0 Å². The van der Waals surface area contributed by atoms with Crippen molar-refractivity contribution in [3.8, 4) is 0 Å². The van der Waals surface area contributed by atoms with Crippen LogP contribution in [-0.4, -0.2) is 50.1 Å². The second kappa shape index (κ2) is 8.29. The molecule has 2 fully saturated rings. The van der Waals surface area contributed by atoms with E-state index in [2.05, 4.69) is 10.2 Å². The van der Waals surface area contributed by atoms with Crippen molar-refractivity contribution in [3.63, 3.8) is 0 Å². The number of likely N-dealkylation sites (tertiary alicyclic amines) is 1. The van der Waals surface area contributed by atoms with Gasteiger partial charge >= 0.3 is 0 Å². The van der Waals surface area contributed by atoms with E-state index in [1.54, 1.807) is 12.1 Å². The molecule has 0 bridgehead atoms. The summed E-state index contributed by atoms with van der Waals surface area (Å²) in [5.41, 5.74) is 1.02. The Labute approximate surface area is 148 Å². The van der Waals surface area contributed by atoms with E-state index in [0.29, 0.717) is 17.8 Å². The Morgan fingerprint density at radius 2 is 1.88 bits per heavy atom. The van der Waals surface area contributed by atoms with Gasteiger partial charge in [-0.15, -0.1) is 0 Å². The van der Waals surface area contributed by atoms with E-state index in [0.717, 1.165) is 32.5 Å². The molecule has 0 aromatic heterocycles. The molecule has 2 saturated heterocycles. The van der Waals surface area contributed by atoms with E-state index in [1.807, 2.05) is 0 Å². The first kappa shape index (κ1) is 17.7. The van der Waals surface area contributed by atoms with E-state index in [1.165, 1.54) is 43.3 Å². The Hall–Kier alpha value is -2.15. The molecular formula is C18H27N4O3+. The first-order chi connectivity index (χ1) is 12.1. The molecule has 1 aromatic carbocycles. The van der Waals surface area contributed by atoms with E-state index >= 15 is 0 Å². The fourth-order valence-corrected chi connectivity index (χ4v) is 3.79. The van der Waals surface area contributed by atoms with Gasteiger partial charge in [0, 0.05) is 37.6 Å². The first-order valence-corrected chi connectivity index (χ1v) is 9.30. The van der Waals surface area contributed by atoms with Crippen molar-refractivity contribution < 1.29 is 14.6 Å². The SMILES string of the molecule is O=C(NCC[NH+]1CCCC1)c1ccc(N2CCCCC2)c([N+](=O)[O-])c1. The van der Waals surface area contributed by atoms with Crippen LogP contribution in [0.15, 0.2) is 18.2 Å². The van der Waals surface area contributed by atoms with Crippen molar-refractivity contribution in [2.75, 3.05) is 44.2 Å². The zero-order valence-electron chi connectivity index (χ0n) is 14.6. The minimum atomic E-state index is -0.380. The van der Waals surface area contributed by atoms with Gasteiger partial charge in [-0.3, -0.25) is 14.9 Å². The number of nitro groups is 1. The Balaban J connectivity index is 1.65. The summed E-state index contributed by atoms with van der Waals surface area (Å²) in [6.07, 6.45) is 5.79. The molecule has 0 unspecified atom stereocenters. The quantitative estimate of drug-likeness (QED) is 0.594. The van der Waals surface area contributed by atoms with Crippen LogP contribution in [0, 0.1) is 10.1 Å². The lowest BCUT2D eigenvalue weighted by atomic mass is 10.1. The highest BCUT2D eigenvalue weighted by atomic mass is 16.6. The zero-order chi connectivity index (χ0) is 17.6. The average molecular weight is 347 g/mol. The predicted octanol–water partition coefficient (Wildman–Crippen LogP) is 0.994. The molecule has 2 aliphatic heterocycles. The number of piperidine rings is 1. The summed E-state index contributed by atoms with van der Waals surface area (Å²) < 4.78 is 0. The molecule has 1 amide bonds. The molecule has 0 saturated carbocycles. The number of hydrogen-bond donors (Lipinski definition) is 2. The van der Waals surface area contributed by atoms with Crippen LogP contribution in [-0.2, 0) is 0 Å². The third kappa shape index (κ3) is 4.48. The molecule has 7 nitrogen and oxygen atoms in total. The number of amides is 1. The predicted molar refractivity (Wildman–Crippen MR) is 96.3 cm³/mol. The largest absolute Gasteiger partial charge is 0.366 e. The van der Waals surface area contributed by atoms with Crippen LogP contribution in [0.25, 0.3) is 0 Å². The molecular weight excluding hydrogens is 320 g/mol. The summed E-state index contributed by atoms with van der Waals surface area (Å²) >= 11 is 0. The van der Waals surface area contributed by atoms with Crippen LogP contribution in [0.1, 0.15) is 42.5 Å². The van der Waals surface area contributed by atoms with Crippen LogP contribution < -0.4 is 15.1 Å². The van der Waals surface area contributed by atoms with Crippen LogP contribution in [0.2, 0.25) is 0 Å². The van der Waals surface area contributed by atoms with E-state index in [4.69, 9.17) is 0 Å². The van der Waals surface area contributed by atoms with Crippen molar-refractivity contribution in [3.05, 3.63) is 33.9 Å². The maximum absolute atomic E-state index is 12.3. The lowest BCUT2D eigenvalue weighted by molar-refractivity contribution is -0.886. The van der Waals surface area contributed by atoms with Crippen LogP contribution in [0.5, 0.6) is 0 Å². The second-order valence-electron chi connectivity index (χ2n) is 6.97. The number of carbonyl (C=O) groups excluding carboxylic acids is 1. The molecule has 25 heavy (non-hydrogen) atoms. The van der Waals surface area contributed by atoms with Gasteiger partial charge in [0.05, 0.1) is 31.1 Å². The van der Waals surface area contributed by atoms with Gasteiger partial charge in [0.25, 0.3) is 11.6 Å². The fraction of sp³-hybridized carbons (Fsp3) is 0.611. The molecule has 3 rings (SSSR count). The lowest BCUT2D eigenvalue weighted by Crippen LogP contribution is -3.10. The number of anilines is 1. The Morgan fingerprint density at radius 1 is 1.16 bits per heavy atom. The molecule has 136 valence electrons. The molecule has 1 aromatic rings. The molecule has 2 N–H and O–H groups in total. The van der Waals surface area contributed by atoms with Crippen molar-refractivity contribution in [1.29, 1.82) is 0 Å². The van der Waals surface area contributed by atoms with Crippen molar-refractivity contribution in [2.45, 2.75) is 32.1 Å². The van der Waals surface area contributed by atoms with Crippen molar-refractivity contribution in [1.82, 2.24) is 5.32 Å². The molecule has 7 heteroatoms. The Morgan fingerprint density at radius 3 is 2.56 bits per heavy atom. The molecule has 0 aliphatic carbocycles. The van der Waals surface area contributed by atoms with Gasteiger partial charge in [0.2, 0.25) is 0 Å². The number of quaternary nitrogens is 1. The number of rotatable bonds is 6. The monoisotopic (exact) mass is 347 g/mol. The van der Waals surface area contributed by atoms with Gasteiger partial charge in [0.1, 0.15) is 5.69 Å². The highest BCUT2D eigenvalue weighted by molar-refractivity contribution is 5.95. The third-order valence-corrected chi connectivity index (χ3v) is 5.21. The topological polar surface area (TPSA) is 79.9 Å². The molecule has 0 radical (unpaired) electrons. The number of nitro benzene ring substituents is 1.